The molecule has 2 aromatic rings. The van der Waals surface area contributed by atoms with Gasteiger partial charge in [-0.25, -0.2) is 4.98 Å². The van der Waals surface area contributed by atoms with Crippen molar-refractivity contribution in [1.82, 2.24) is 19.8 Å². The molecule has 28 heavy (non-hydrogen) atoms. The van der Waals surface area contributed by atoms with E-state index in [0.29, 0.717) is 26.1 Å². The minimum atomic E-state index is -0.448. The van der Waals surface area contributed by atoms with E-state index in [2.05, 4.69) is 22.1 Å². The number of nitrogens with two attached hydrogens (primary N) is 1. The van der Waals surface area contributed by atoms with Crippen LogP contribution in [0.5, 0.6) is 0 Å². The Morgan fingerprint density at radius 1 is 1.21 bits per heavy atom. The number of nitrogen functional groups attached to an aromatic ring is 1. The van der Waals surface area contributed by atoms with E-state index in [1.165, 1.54) is 11.6 Å². The van der Waals surface area contributed by atoms with Gasteiger partial charge < -0.3 is 15.5 Å². The highest BCUT2D eigenvalue weighted by atomic mass is 16.2. The maximum absolute atomic E-state index is 12.9. The first-order chi connectivity index (χ1) is 13.4. The second kappa shape index (κ2) is 7.10. The number of carbonyl (C=O) groups excluding carboxylic acids is 2. The van der Waals surface area contributed by atoms with E-state index in [9.17, 15) is 14.4 Å². The van der Waals surface area contributed by atoms with Gasteiger partial charge in [0, 0.05) is 50.5 Å². The van der Waals surface area contributed by atoms with E-state index in [1.54, 1.807) is 11.8 Å². The van der Waals surface area contributed by atoms with Crippen molar-refractivity contribution in [2.75, 3.05) is 25.4 Å². The number of hydrogen-bond acceptors (Lipinski definition) is 5. The number of amides is 2. The summed E-state index contributed by atoms with van der Waals surface area (Å²) in [6.07, 6.45) is 0.706. The molecule has 2 fully saturated rings. The first-order valence-electron chi connectivity index (χ1n) is 9.42. The maximum Gasteiger partial charge on any atom is 0.272 e. The number of anilines is 1. The Balaban J connectivity index is 1.61. The van der Waals surface area contributed by atoms with Crippen LogP contribution >= 0.6 is 0 Å². The maximum atomic E-state index is 12.9. The minimum Gasteiger partial charge on any atom is -0.369 e. The Labute approximate surface area is 162 Å². The van der Waals surface area contributed by atoms with Gasteiger partial charge >= 0.3 is 0 Å². The molecular formula is C20H23N5O3. The van der Waals surface area contributed by atoms with Gasteiger partial charge in [-0.2, -0.15) is 0 Å². The molecule has 3 atom stereocenters. The van der Waals surface area contributed by atoms with Gasteiger partial charge in [-0.1, -0.05) is 30.3 Å². The summed E-state index contributed by atoms with van der Waals surface area (Å²) in [5.74, 6) is 0.00402. The lowest BCUT2D eigenvalue weighted by Gasteiger charge is -2.38. The van der Waals surface area contributed by atoms with Crippen LogP contribution in [0.4, 0.5) is 5.95 Å². The predicted molar refractivity (Wildman–Crippen MR) is 104 cm³/mol. The van der Waals surface area contributed by atoms with Crippen molar-refractivity contribution in [3.05, 3.63) is 58.0 Å². The van der Waals surface area contributed by atoms with Gasteiger partial charge in [0.25, 0.3) is 11.5 Å². The average Bonchev–Trinajstić information content (AvgIpc) is 3.06. The third-order valence-corrected chi connectivity index (χ3v) is 5.83. The van der Waals surface area contributed by atoms with Crippen LogP contribution < -0.4 is 11.3 Å². The zero-order valence-corrected chi connectivity index (χ0v) is 15.7. The highest BCUT2D eigenvalue weighted by molar-refractivity contribution is 5.92. The molecule has 3 heterocycles. The molecule has 0 unspecified atom stereocenters. The molecule has 1 aromatic carbocycles. The molecule has 0 aliphatic carbocycles. The predicted octanol–water partition coefficient (Wildman–Crippen LogP) is 0.829. The number of hydrogen-bond donors (Lipinski definition) is 2. The first kappa shape index (κ1) is 18.2. The number of nitrogens with zero attached hydrogens (tertiary/aromatic N) is 3. The summed E-state index contributed by atoms with van der Waals surface area (Å²) in [5.41, 5.74) is 6.36. The Bertz CT molecular complexity index is 958. The number of rotatable bonds is 2. The fraction of sp³-hybridized carbons (Fsp3) is 0.400. The molecular weight excluding hydrogens is 358 g/mol. The topological polar surface area (TPSA) is 112 Å². The number of fused-ring (bicyclic) bond motifs is 1. The molecule has 0 radical (unpaired) electrons. The molecule has 146 valence electrons. The van der Waals surface area contributed by atoms with Gasteiger partial charge in [-0.3, -0.25) is 19.4 Å². The summed E-state index contributed by atoms with van der Waals surface area (Å²) in [7, 11) is 0. The zero-order chi connectivity index (χ0) is 19.8. The van der Waals surface area contributed by atoms with Crippen LogP contribution in [0.3, 0.4) is 0 Å². The van der Waals surface area contributed by atoms with Crippen LogP contribution in [0.25, 0.3) is 0 Å². The summed E-state index contributed by atoms with van der Waals surface area (Å²) in [4.78, 5) is 46.7. The number of aromatic amines is 1. The zero-order valence-electron chi connectivity index (χ0n) is 15.7. The minimum absolute atomic E-state index is 0.0531. The number of nitrogens with one attached hydrogen (secondary N) is 1. The molecule has 2 saturated heterocycles. The Kier molecular flexibility index (Phi) is 4.62. The van der Waals surface area contributed by atoms with Gasteiger partial charge in [-0.15, -0.1) is 0 Å². The molecule has 0 saturated carbocycles. The average molecular weight is 381 g/mol. The molecule has 8 nitrogen and oxygen atoms in total. The van der Waals surface area contributed by atoms with Gasteiger partial charge in [0.15, 0.2) is 0 Å². The second-order valence-corrected chi connectivity index (χ2v) is 7.48. The fourth-order valence-corrected chi connectivity index (χ4v) is 4.58. The molecule has 1 aromatic heterocycles. The number of piperidine rings is 1. The molecule has 0 spiro atoms. The quantitative estimate of drug-likeness (QED) is 0.800. The van der Waals surface area contributed by atoms with Crippen LogP contribution in [-0.2, 0) is 4.79 Å². The molecule has 0 bridgehead atoms. The van der Waals surface area contributed by atoms with Crippen molar-refractivity contribution >= 4 is 17.8 Å². The standard InChI is InChI=1S/C20H23N5O3/c1-12(26)25-11-14(13-5-3-2-4-6-13)15-10-24(8-7-17(15)25)19(28)16-9-18(27)23-20(21)22-16/h2-6,9,14-15,17H,7-8,10-11H2,1H3,(H3,21,22,23,27)/t14-,15-,17-/m1/s1. The van der Waals surface area contributed by atoms with E-state index in [4.69, 9.17) is 5.73 Å². The lowest BCUT2D eigenvalue weighted by atomic mass is 9.81. The smallest absolute Gasteiger partial charge is 0.272 e. The number of carbonyl (C=O) groups is 2. The Morgan fingerprint density at radius 3 is 2.64 bits per heavy atom. The third-order valence-electron chi connectivity index (χ3n) is 5.83. The number of H-pyrrole nitrogens is 1. The van der Waals surface area contributed by atoms with Crippen LogP contribution in [0.1, 0.15) is 35.3 Å². The molecule has 4 rings (SSSR count). The first-order valence-corrected chi connectivity index (χ1v) is 9.42. The fourth-order valence-electron chi connectivity index (χ4n) is 4.58. The van der Waals surface area contributed by atoms with E-state index in [1.807, 2.05) is 23.1 Å². The van der Waals surface area contributed by atoms with Crippen molar-refractivity contribution in [2.45, 2.75) is 25.3 Å². The van der Waals surface area contributed by atoms with E-state index in [0.717, 1.165) is 0 Å². The number of benzene rings is 1. The van der Waals surface area contributed by atoms with Crippen LogP contribution in [0, 0.1) is 5.92 Å². The van der Waals surface area contributed by atoms with Gasteiger partial charge in [0.2, 0.25) is 11.9 Å². The number of likely N-dealkylation sites (tertiary alicyclic amines) is 2. The van der Waals surface area contributed by atoms with Crippen LogP contribution in [0.15, 0.2) is 41.2 Å². The number of aromatic nitrogens is 2. The molecule has 3 N–H and O–H groups in total. The summed E-state index contributed by atoms with van der Waals surface area (Å²) >= 11 is 0. The molecule has 2 aliphatic heterocycles. The van der Waals surface area contributed by atoms with Crippen molar-refractivity contribution in [1.29, 1.82) is 0 Å². The van der Waals surface area contributed by atoms with E-state index in [-0.39, 0.29) is 41.3 Å². The summed E-state index contributed by atoms with van der Waals surface area (Å²) in [6, 6.07) is 11.4. The van der Waals surface area contributed by atoms with Crippen molar-refractivity contribution in [3.63, 3.8) is 0 Å². The highest BCUT2D eigenvalue weighted by Gasteiger charge is 2.47. The molecule has 8 heteroatoms. The van der Waals surface area contributed by atoms with Crippen molar-refractivity contribution in [3.8, 4) is 0 Å². The van der Waals surface area contributed by atoms with Gasteiger partial charge in [-0.05, 0) is 12.0 Å². The molecule has 2 aliphatic rings. The Morgan fingerprint density at radius 2 is 1.96 bits per heavy atom. The van der Waals surface area contributed by atoms with Crippen LogP contribution in [0.2, 0.25) is 0 Å². The third kappa shape index (κ3) is 3.26. The SMILES string of the molecule is CC(=O)N1C[C@H](c2ccccc2)[C@H]2CN(C(=O)c3cc(=O)[nH]c(N)n3)CC[C@H]21. The van der Waals surface area contributed by atoms with Gasteiger partial charge in [0.05, 0.1) is 0 Å². The van der Waals surface area contributed by atoms with E-state index >= 15 is 0 Å². The monoisotopic (exact) mass is 381 g/mol. The summed E-state index contributed by atoms with van der Waals surface area (Å²) in [5, 5.41) is 0. The summed E-state index contributed by atoms with van der Waals surface area (Å²) < 4.78 is 0. The van der Waals surface area contributed by atoms with Crippen LogP contribution in [-0.4, -0.2) is 57.3 Å². The van der Waals surface area contributed by atoms with Crippen molar-refractivity contribution in [2.24, 2.45) is 5.92 Å². The largest absolute Gasteiger partial charge is 0.369 e. The highest BCUT2D eigenvalue weighted by Crippen LogP contribution is 2.41. The van der Waals surface area contributed by atoms with Gasteiger partial charge in [0.1, 0.15) is 5.69 Å². The lowest BCUT2D eigenvalue weighted by molar-refractivity contribution is -0.130. The second-order valence-electron chi connectivity index (χ2n) is 7.48. The molecule has 2 amide bonds. The van der Waals surface area contributed by atoms with E-state index < -0.39 is 5.56 Å². The summed E-state index contributed by atoms with van der Waals surface area (Å²) in [6.45, 7) is 3.29. The lowest BCUT2D eigenvalue weighted by Crippen LogP contribution is -2.49. The Hall–Kier alpha value is -3.16. The van der Waals surface area contributed by atoms with Crippen molar-refractivity contribution < 1.29 is 9.59 Å². The normalized spacial score (nSPS) is 24.1.